The second-order valence-corrected chi connectivity index (χ2v) is 5.73. The van der Waals surface area contributed by atoms with Crippen LogP contribution in [-0.2, 0) is 13.0 Å². The number of benzene rings is 2. The number of hydrogen-bond acceptors (Lipinski definition) is 1. The molecule has 2 aromatic carbocycles. The van der Waals surface area contributed by atoms with Crippen molar-refractivity contribution >= 4 is 16.8 Å². The second kappa shape index (κ2) is 5.19. The Morgan fingerprint density at radius 3 is 2.78 bits per heavy atom. The molecule has 0 aliphatic carbocycles. The van der Waals surface area contributed by atoms with Crippen LogP contribution in [0.4, 0.5) is 8.78 Å². The molecule has 1 aromatic heterocycles. The molecular formula is C18H14F2N2O. The van der Waals surface area contributed by atoms with E-state index in [9.17, 15) is 13.6 Å². The van der Waals surface area contributed by atoms with Crippen LogP contribution in [-0.4, -0.2) is 22.3 Å². The number of aromatic nitrogens is 1. The number of H-pyrrole nitrogens is 1. The maximum Gasteiger partial charge on any atom is 0.257 e. The van der Waals surface area contributed by atoms with E-state index >= 15 is 0 Å². The molecule has 0 radical (unpaired) electrons. The summed E-state index contributed by atoms with van der Waals surface area (Å²) in [5.74, 6) is -1.16. The lowest BCUT2D eigenvalue weighted by atomic mass is 10.0. The van der Waals surface area contributed by atoms with Crippen LogP contribution in [0, 0.1) is 11.6 Å². The van der Waals surface area contributed by atoms with Crippen molar-refractivity contribution in [2.24, 2.45) is 0 Å². The van der Waals surface area contributed by atoms with Gasteiger partial charge >= 0.3 is 0 Å². The van der Waals surface area contributed by atoms with E-state index in [1.165, 1.54) is 24.3 Å². The molecule has 0 spiro atoms. The van der Waals surface area contributed by atoms with E-state index in [1.54, 1.807) is 23.1 Å². The van der Waals surface area contributed by atoms with Gasteiger partial charge in [0.25, 0.3) is 5.91 Å². The lowest BCUT2D eigenvalue weighted by molar-refractivity contribution is 0.0730. The monoisotopic (exact) mass is 312 g/mol. The molecule has 23 heavy (non-hydrogen) atoms. The van der Waals surface area contributed by atoms with Gasteiger partial charge in [0.05, 0.1) is 5.56 Å². The normalized spacial score (nSPS) is 14.1. The van der Waals surface area contributed by atoms with Crippen molar-refractivity contribution in [3.8, 4) is 0 Å². The fourth-order valence-electron chi connectivity index (χ4n) is 3.16. The summed E-state index contributed by atoms with van der Waals surface area (Å²) < 4.78 is 27.3. The molecule has 0 fully saturated rings. The first-order valence-electron chi connectivity index (χ1n) is 7.46. The van der Waals surface area contributed by atoms with Crippen LogP contribution in [0.15, 0.2) is 42.5 Å². The summed E-state index contributed by atoms with van der Waals surface area (Å²) in [4.78, 5) is 17.4. The number of carbonyl (C=O) groups is 1. The third-order valence-corrected chi connectivity index (χ3v) is 4.33. The molecule has 3 aromatic rings. The smallest absolute Gasteiger partial charge is 0.257 e. The highest BCUT2D eigenvalue weighted by Gasteiger charge is 2.26. The predicted molar refractivity (Wildman–Crippen MR) is 83.1 cm³/mol. The highest BCUT2D eigenvalue weighted by molar-refractivity contribution is 5.95. The molecule has 5 heteroatoms. The summed E-state index contributed by atoms with van der Waals surface area (Å²) in [6.45, 7) is 0.863. The van der Waals surface area contributed by atoms with Gasteiger partial charge in [-0.15, -0.1) is 0 Å². The van der Waals surface area contributed by atoms with Crippen LogP contribution >= 0.6 is 0 Å². The summed E-state index contributed by atoms with van der Waals surface area (Å²) >= 11 is 0. The van der Waals surface area contributed by atoms with E-state index in [4.69, 9.17) is 0 Å². The minimum absolute atomic E-state index is 0.0713. The lowest BCUT2D eigenvalue weighted by Crippen LogP contribution is -2.36. The average molecular weight is 312 g/mol. The van der Waals surface area contributed by atoms with Gasteiger partial charge < -0.3 is 9.88 Å². The van der Waals surface area contributed by atoms with Gasteiger partial charge in [0.15, 0.2) is 0 Å². The zero-order chi connectivity index (χ0) is 16.0. The van der Waals surface area contributed by atoms with Crippen LogP contribution in [0.1, 0.15) is 21.6 Å². The number of nitrogens with zero attached hydrogens (tertiary/aromatic N) is 1. The van der Waals surface area contributed by atoms with Crippen LogP contribution in [0.25, 0.3) is 10.9 Å². The molecule has 0 saturated heterocycles. The van der Waals surface area contributed by atoms with Crippen molar-refractivity contribution in [3.05, 3.63) is 70.9 Å². The molecule has 2 heterocycles. The van der Waals surface area contributed by atoms with Crippen molar-refractivity contribution < 1.29 is 13.6 Å². The number of halogens is 2. The standard InChI is InChI=1S/C18H14F2N2O/c19-11-5-6-16-13(9-11)14-10-22(8-7-17(14)21-16)18(23)12-3-1-2-4-15(12)20/h1-6,9,21H,7-8,10H2. The Hall–Kier alpha value is -2.69. The van der Waals surface area contributed by atoms with Crippen LogP contribution < -0.4 is 0 Å². The minimum atomic E-state index is -0.520. The van der Waals surface area contributed by atoms with Gasteiger partial charge in [-0.3, -0.25) is 4.79 Å². The van der Waals surface area contributed by atoms with Crippen LogP contribution in [0.3, 0.4) is 0 Å². The molecule has 4 rings (SSSR count). The predicted octanol–water partition coefficient (Wildman–Crippen LogP) is 3.64. The number of nitrogens with one attached hydrogen (secondary N) is 1. The van der Waals surface area contributed by atoms with E-state index in [-0.39, 0.29) is 17.3 Å². The fourth-order valence-corrected chi connectivity index (χ4v) is 3.16. The number of aromatic amines is 1. The molecule has 1 aliphatic heterocycles. The number of hydrogen-bond donors (Lipinski definition) is 1. The van der Waals surface area contributed by atoms with Gasteiger partial charge in [0, 0.05) is 41.7 Å². The first-order chi connectivity index (χ1) is 11.1. The highest BCUT2D eigenvalue weighted by atomic mass is 19.1. The zero-order valence-electron chi connectivity index (χ0n) is 12.3. The van der Waals surface area contributed by atoms with E-state index in [0.717, 1.165) is 22.2 Å². The Kier molecular flexibility index (Phi) is 3.15. The summed E-state index contributed by atoms with van der Waals surface area (Å²) in [5.41, 5.74) is 2.86. The van der Waals surface area contributed by atoms with Gasteiger partial charge in [-0.1, -0.05) is 12.1 Å². The van der Waals surface area contributed by atoms with Gasteiger partial charge in [0.1, 0.15) is 11.6 Å². The Balaban J connectivity index is 1.71. The second-order valence-electron chi connectivity index (χ2n) is 5.73. The maximum atomic E-state index is 13.8. The van der Waals surface area contributed by atoms with Gasteiger partial charge in [-0.05, 0) is 30.3 Å². The van der Waals surface area contributed by atoms with Crippen molar-refractivity contribution in [3.63, 3.8) is 0 Å². The molecular weight excluding hydrogens is 298 g/mol. The molecule has 1 aliphatic rings. The Labute approximate surface area is 131 Å². The van der Waals surface area contributed by atoms with Gasteiger partial charge in [-0.2, -0.15) is 0 Å². The molecule has 0 atom stereocenters. The first-order valence-corrected chi connectivity index (χ1v) is 7.46. The molecule has 0 bridgehead atoms. The topological polar surface area (TPSA) is 36.1 Å². The van der Waals surface area contributed by atoms with E-state index in [0.29, 0.717) is 19.5 Å². The first kappa shape index (κ1) is 13.9. The van der Waals surface area contributed by atoms with Gasteiger partial charge in [-0.25, -0.2) is 8.78 Å². The maximum absolute atomic E-state index is 13.8. The lowest BCUT2D eigenvalue weighted by Gasteiger charge is -2.27. The summed E-state index contributed by atoms with van der Waals surface area (Å²) in [6.07, 6.45) is 0.645. The molecule has 1 amide bonds. The number of fused-ring (bicyclic) bond motifs is 3. The van der Waals surface area contributed by atoms with E-state index < -0.39 is 5.82 Å². The Morgan fingerprint density at radius 1 is 1.13 bits per heavy atom. The number of amides is 1. The van der Waals surface area contributed by atoms with Crippen LogP contribution in [0.2, 0.25) is 0 Å². The summed E-state index contributed by atoms with van der Waals surface area (Å²) in [5, 5.41) is 0.783. The fraction of sp³-hybridized carbons (Fsp3) is 0.167. The molecule has 0 saturated carbocycles. The molecule has 0 unspecified atom stereocenters. The SMILES string of the molecule is O=C(c1ccccc1F)N1CCc2[nH]c3ccc(F)cc3c2C1. The van der Waals surface area contributed by atoms with Crippen LogP contribution in [0.5, 0.6) is 0 Å². The largest absolute Gasteiger partial charge is 0.358 e. The minimum Gasteiger partial charge on any atom is -0.358 e. The third-order valence-electron chi connectivity index (χ3n) is 4.33. The Bertz CT molecular complexity index is 917. The van der Waals surface area contributed by atoms with E-state index in [2.05, 4.69) is 4.98 Å². The average Bonchev–Trinajstić information content (AvgIpc) is 2.92. The Morgan fingerprint density at radius 2 is 1.96 bits per heavy atom. The third kappa shape index (κ3) is 2.29. The number of carbonyl (C=O) groups excluding carboxylic acids is 1. The zero-order valence-corrected chi connectivity index (χ0v) is 12.3. The van der Waals surface area contributed by atoms with Gasteiger partial charge in [0.2, 0.25) is 0 Å². The summed E-state index contributed by atoms with van der Waals surface area (Å²) in [6, 6.07) is 10.6. The van der Waals surface area contributed by atoms with Crippen molar-refractivity contribution in [2.75, 3.05) is 6.54 Å². The van der Waals surface area contributed by atoms with E-state index in [1.807, 2.05) is 0 Å². The van der Waals surface area contributed by atoms with Crippen molar-refractivity contribution in [1.82, 2.24) is 9.88 Å². The van der Waals surface area contributed by atoms with Crippen molar-refractivity contribution in [1.29, 1.82) is 0 Å². The molecule has 1 N–H and O–H groups in total. The summed E-state index contributed by atoms with van der Waals surface area (Å²) in [7, 11) is 0. The molecule has 116 valence electrons. The molecule has 3 nitrogen and oxygen atoms in total. The highest BCUT2D eigenvalue weighted by Crippen LogP contribution is 2.29. The number of rotatable bonds is 1. The quantitative estimate of drug-likeness (QED) is 0.731. The van der Waals surface area contributed by atoms with Crippen molar-refractivity contribution in [2.45, 2.75) is 13.0 Å².